The van der Waals surface area contributed by atoms with Crippen LogP contribution in [0.4, 0.5) is 0 Å². The number of thiophene rings is 1. The molecule has 112 valence electrons. The van der Waals surface area contributed by atoms with Crippen LogP contribution in [0.15, 0.2) is 35.7 Å². The molecule has 0 saturated carbocycles. The third kappa shape index (κ3) is 3.20. The maximum absolute atomic E-state index is 9.27. The Morgan fingerprint density at radius 2 is 2.14 bits per heavy atom. The lowest BCUT2D eigenvalue weighted by atomic mass is 10.0. The van der Waals surface area contributed by atoms with E-state index in [1.165, 1.54) is 4.88 Å². The van der Waals surface area contributed by atoms with Crippen LogP contribution in [0.1, 0.15) is 35.9 Å². The van der Waals surface area contributed by atoms with Crippen LogP contribution in [0.3, 0.4) is 0 Å². The van der Waals surface area contributed by atoms with Crippen molar-refractivity contribution in [3.8, 4) is 11.5 Å². The van der Waals surface area contributed by atoms with E-state index in [1.807, 2.05) is 18.2 Å². The first-order valence-corrected chi connectivity index (χ1v) is 7.95. The molecule has 4 nitrogen and oxygen atoms in total. The molecule has 0 bridgehead atoms. The molecule has 2 heterocycles. The van der Waals surface area contributed by atoms with Crippen molar-refractivity contribution < 1.29 is 14.6 Å². The average molecular weight is 305 g/mol. The van der Waals surface area contributed by atoms with E-state index in [-0.39, 0.29) is 18.7 Å². The van der Waals surface area contributed by atoms with Crippen molar-refractivity contribution in [2.45, 2.75) is 25.4 Å². The third-order valence-corrected chi connectivity index (χ3v) is 4.64. The molecule has 5 heteroatoms. The molecular weight excluding hydrogens is 286 g/mol. The first-order valence-electron chi connectivity index (χ1n) is 7.08. The number of nitrogens with one attached hydrogen (secondary N) is 1. The molecule has 1 aliphatic rings. The molecule has 0 amide bonds. The van der Waals surface area contributed by atoms with E-state index in [0.717, 1.165) is 17.1 Å². The van der Waals surface area contributed by atoms with Crippen molar-refractivity contribution in [2.24, 2.45) is 0 Å². The van der Waals surface area contributed by atoms with E-state index in [1.54, 1.807) is 11.3 Å². The fourth-order valence-electron chi connectivity index (χ4n) is 2.51. The van der Waals surface area contributed by atoms with Crippen LogP contribution in [-0.2, 0) is 0 Å². The Morgan fingerprint density at radius 1 is 1.29 bits per heavy atom. The average Bonchev–Trinajstić information content (AvgIpc) is 3.17. The third-order valence-electron chi connectivity index (χ3n) is 3.65. The highest BCUT2D eigenvalue weighted by atomic mass is 32.1. The Morgan fingerprint density at radius 3 is 2.90 bits per heavy atom. The van der Waals surface area contributed by atoms with Gasteiger partial charge in [0.25, 0.3) is 0 Å². The van der Waals surface area contributed by atoms with Gasteiger partial charge in [0, 0.05) is 23.6 Å². The Labute approximate surface area is 128 Å². The molecule has 2 aromatic rings. The van der Waals surface area contributed by atoms with Crippen molar-refractivity contribution in [3.05, 3.63) is 46.2 Å². The van der Waals surface area contributed by atoms with Crippen LogP contribution in [0.5, 0.6) is 11.5 Å². The molecule has 1 aliphatic heterocycles. The van der Waals surface area contributed by atoms with Gasteiger partial charge in [-0.3, -0.25) is 0 Å². The zero-order chi connectivity index (χ0) is 14.7. The lowest BCUT2D eigenvalue weighted by Crippen LogP contribution is -2.25. The number of aliphatic hydroxyl groups is 1. The minimum atomic E-state index is 0.162. The van der Waals surface area contributed by atoms with Crippen molar-refractivity contribution in [2.75, 3.05) is 13.4 Å². The summed E-state index contributed by atoms with van der Waals surface area (Å²) >= 11 is 1.71. The van der Waals surface area contributed by atoms with E-state index in [9.17, 15) is 5.11 Å². The number of ether oxygens (including phenoxy) is 2. The molecule has 0 spiro atoms. The van der Waals surface area contributed by atoms with Gasteiger partial charge in [-0.15, -0.1) is 11.3 Å². The highest BCUT2D eigenvalue weighted by molar-refractivity contribution is 7.10. The maximum atomic E-state index is 9.27. The molecule has 0 unspecified atom stereocenters. The number of benzene rings is 1. The summed E-state index contributed by atoms with van der Waals surface area (Å²) in [5.74, 6) is 1.60. The van der Waals surface area contributed by atoms with Gasteiger partial charge in [0.05, 0.1) is 0 Å². The van der Waals surface area contributed by atoms with Crippen LogP contribution >= 0.6 is 11.3 Å². The molecule has 0 fully saturated rings. The first kappa shape index (κ1) is 14.4. The van der Waals surface area contributed by atoms with Gasteiger partial charge in [0.1, 0.15) is 0 Å². The Bertz CT molecular complexity index is 585. The molecule has 21 heavy (non-hydrogen) atoms. The molecular formula is C16H19NO3S. The number of hydrogen-bond acceptors (Lipinski definition) is 5. The second-order valence-electron chi connectivity index (χ2n) is 5.08. The van der Waals surface area contributed by atoms with Crippen molar-refractivity contribution in [1.82, 2.24) is 5.32 Å². The SMILES string of the molecule is C[C@H](N[C@@H](CCO)c1cccs1)c1ccc2c(c1)OCO2. The van der Waals surface area contributed by atoms with E-state index >= 15 is 0 Å². The van der Waals surface area contributed by atoms with Crippen molar-refractivity contribution in [1.29, 1.82) is 0 Å². The molecule has 0 saturated heterocycles. The summed E-state index contributed by atoms with van der Waals surface area (Å²) < 4.78 is 10.8. The molecule has 0 aliphatic carbocycles. The van der Waals surface area contributed by atoms with Crippen molar-refractivity contribution in [3.63, 3.8) is 0 Å². The van der Waals surface area contributed by atoms with E-state index < -0.39 is 0 Å². The van der Waals surface area contributed by atoms with Gasteiger partial charge in [0.2, 0.25) is 6.79 Å². The minimum Gasteiger partial charge on any atom is -0.454 e. The van der Waals surface area contributed by atoms with E-state index in [4.69, 9.17) is 9.47 Å². The Hall–Kier alpha value is -1.56. The molecule has 1 aromatic carbocycles. The molecule has 2 N–H and O–H groups in total. The Balaban J connectivity index is 1.73. The minimum absolute atomic E-state index is 0.162. The number of fused-ring (bicyclic) bond motifs is 1. The monoisotopic (exact) mass is 305 g/mol. The summed E-state index contributed by atoms with van der Waals surface area (Å²) in [6, 6.07) is 10.5. The van der Waals surface area contributed by atoms with E-state index in [0.29, 0.717) is 13.2 Å². The number of rotatable bonds is 6. The standard InChI is InChI=1S/C16H19NO3S/c1-11(12-4-5-14-15(9-12)20-10-19-14)17-13(6-7-18)16-3-2-8-21-16/h2-5,8-9,11,13,17-18H,6-7,10H2,1H3/t11-,13-/m0/s1. The van der Waals surface area contributed by atoms with Gasteiger partial charge in [-0.1, -0.05) is 12.1 Å². The van der Waals surface area contributed by atoms with Crippen molar-refractivity contribution >= 4 is 11.3 Å². The summed E-state index contributed by atoms with van der Waals surface area (Å²) in [6.07, 6.45) is 0.704. The summed E-state index contributed by atoms with van der Waals surface area (Å²) in [7, 11) is 0. The van der Waals surface area contributed by atoms with Gasteiger partial charge < -0.3 is 19.9 Å². The lowest BCUT2D eigenvalue weighted by Gasteiger charge is -2.22. The highest BCUT2D eigenvalue weighted by Crippen LogP contribution is 2.35. The second kappa shape index (κ2) is 6.47. The maximum Gasteiger partial charge on any atom is 0.231 e. The zero-order valence-electron chi connectivity index (χ0n) is 11.9. The normalized spacial score (nSPS) is 15.9. The summed E-state index contributed by atoms with van der Waals surface area (Å²) in [5.41, 5.74) is 1.15. The molecule has 1 aromatic heterocycles. The number of aliphatic hydroxyl groups excluding tert-OH is 1. The zero-order valence-corrected chi connectivity index (χ0v) is 12.7. The van der Waals surface area contributed by atoms with Crippen LogP contribution < -0.4 is 14.8 Å². The summed E-state index contributed by atoms with van der Waals surface area (Å²) in [4.78, 5) is 1.25. The fourth-order valence-corrected chi connectivity index (χ4v) is 3.33. The predicted octanol–water partition coefficient (Wildman–Crippen LogP) is 3.25. The van der Waals surface area contributed by atoms with Gasteiger partial charge >= 0.3 is 0 Å². The highest BCUT2D eigenvalue weighted by Gasteiger charge is 2.19. The van der Waals surface area contributed by atoms with Crippen LogP contribution in [0, 0.1) is 0 Å². The smallest absolute Gasteiger partial charge is 0.231 e. The van der Waals surface area contributed by atoms with Gasteiger partial charge in [-0.05, 0) is 42.5 Å². The molecule has 3 rings (SSSR count). The van der Waals surface area contributed by atoms with Crippen LogP contribution in [0.2, 0.25) is 0 Å². The Kier molecular flexibility index (Phi) is 4.43. The molecule has 0 radical (unpaired) electrons. The fraction of sp³-hybridized carbons (Fsp3) is 0.375. The summed E-state index contributed by atoms with van der Waals surface area (Å²) in [6.45, 7) is 2.59. The topological polar surface area (TPSA) is 50.7 Å². The van der Waals surface area contributed by atoms with E-state index in [2.05, 4.69) is 29.8 Å². The quantitative estimate of drug-likeness (QED) is 0.860. The largest absolute Gasteiger partial charge is 0.454 e. The molecule has 2 atom stereocenters. The van der Waals surface area contributed by atoms with Crippen LogP contribution in [0.25, 0.3) is 0 Å². The predicted molar refractivity (Wildman–Crippen MR) is 82.9 cm³/mol. The van der Waals surface area contributed by atoms with Crippen LogP contribution in [-0.4, -0.2) is 18.5 Å². The lowest BCUT2D eigenvalue weighted by molar-refractivity contribution is 0.174. The van der Waals surface area contributed by atoms with Gasteiger partial charge in [-0.25, -0.2) is 0 Å². The first-order chi connectivity index (χ1) is 10.3. The number of hydrogen-bond donors (Lipinski definition) is 2. The second-order valence-corrected chi connectivity index (χ2v) is 6.06. The van der Waals surface area contributed by atoms with Gasteiger partial charge in [-0.2, -0.15) is 0 Å². The van der Waals surface area contributed by atoms with Gasteiger partial charge in [0.15, 0.2) is 11.5 Å². The summed E-state index contributed by atoms with van der Waals surface area (Å²) in [5, 5.41) is 14.9.